The molecule has 90 valence electrons. The molecule has 0 fully saturated rings. The van der Waals surface area contributed by atoms with E-state index in [9.17, 15) is 0 Å². The van der Waals surface area contributed by atoms with E-state index in [2.05, 4.69) is 15.3 Å². The molecule has 0 aliphatic rings. The molecule has 0 aromatic carbocycles. The van der Waals surface area contributed by atoms with Gasteiger partial charge in [-0.3, -0.25) is 0 Å². The number of methoxy groups -OCH3 is 1. The number of thioether (sulfide) groups is 1. The van der Waals surface area contributed by atoms with Crippen molar-refractivity contribution < 1.29 is 9.84 Å². The Hall–Kier alpha value is -1.01. The monoisotopic (exact) mass is 243 g/mol. The molecule has 1 rings (SSSR count). The van der Waals surface area contributed by atoms with Crippen LogP contribution in [0.25, 0.3) is 0 Å². The Kier molecular flexibility index (Phi) is 5.34. The molecule has 1 heterocycles. The van der Waals surface area contributed by atoms with Crippen LogP contribution in [0.15, 0.2) is 11.4 Å². The summed E-state index contributed by atoms with van der Waals surface area (Å²) < 4.78 is 5.28. The van der Waals surface area contributed by atoms with Gasteiger partial charge in [-0.15, -0.1) is 0 Å². The summed E-state index contributed by atoms with van der Waals surface area (Å²) in [6.07, 6.45) is 2.23. The lowest BCUT2D eigenvalue weighted by Gasteiger charge is -2.13. The number of aliphatic hydroxyl groups is 1. The first kappa shape index (κ1) is 13.1. The van der Waals surface area contributed by atoms with Gasteiger partial charge in [0.2, 0.25) is 0 Å². The molecule has 2 N–H and O–H groups in total. The number of aromatic nitrogens is 2. The van der Waals surface area contributed by atoms with Gasteiger partial charge in [0.05, 0.1) is 7.11 Å². The third-order valence-corrected chi connectivity index (χ3v) is 3.21. The van der Waals surface area contributed by atoms with Gasteiger partial charge >= 0.3 is 0 Å². The van der Waals surface area contributed by atoms with E-state index >= 15 is 0 Å². The van der Waals surface area contributed by atoms with E-state index in [-0.39, 0.29) is 6.61 Å². The molecule has 0 amide bonds. The minimum atomic E-state index is 0.181. The largest absolute Gasteiger partial charge is 0.490 e. The zero-order chi connectivity index (χ0) is 12.0. The van der Waals surface area contributed by atoms with Gasteiger partial charge in [0.1, 0.15) is 11.4 Å². The summed E-state index contributed by atoms with van der Waals surface area (Å²) in [5, 5.41) is 12.9. The van der Waals surface area contributed by atoms with Gasteiger partial charge in [-0.25, -0.2) is 9.97 Å². The van der Waals surface area contributed by atoms with Crippen molar-refractivity contribution >= 4 is 17.6 Å². The van der Waals surface area contributed by atoms with Gasteiger partial charge in [-0.1, -0.05) is 18.7 Å². The highest BCUT2D eigenvalue weighted by atomic mass is 32.2. The van der Waals surface area contributed by atoms with Crippen LogP contribution < -0.4 is 10.1 Å². The summed E-state index contributed by atoms with van der Waals surface area (Å²) in [5.41, 5.74) is 0. The molecule has 0 radical (unpaired) electrons. The van der Waals surface area contributed by atoms with Crippen molar-refractivity contribution in [3.63, 3.8) is 0 Å². The van der Waals surface area contributed by atoms with Crippen molar-refractivity contribution in [1.29, 1.82) is 0 Å². The maximum Gasteiger partial charge on any atom is 0.193 e. The van der Waals surface area contributed by atoms with E-state index in [4.69, 9.17) is 9.84 Å². The van der Waals surface area contributed by atoms with Crippen LogP contribution in [0.1, 0.15) is 13.3 Å². The fourth-order valence-corrected chi connectivity index (χ4v) is 2.23. The van der Waals surface area contributed by atoms with Crippen molar-refractivity contribution in [2.24, 2.45) is 0 Å². The van der Waals surface area contributed by atoms with Gasteiger partial charge < -0.3 is 15.2 Å². The van der Waals surface area contributed by atoms with Crippen LogP contribution >= 0.6 is 11.8 Å². The first-order chi connectivity index (χ1) is 7.72. The van der Waals surface area contributed by atoms with Crippen LogP contribution in [0.4, 0.5) is 5.82 Å². The molecule has 1 atom stereocenters. The summed E-state index contributed by atoms with van der Waals surface area (Å²) >= 11 is 1.57. The second-order valence-corrected chi connectivity index (χ2v) is 4.68. The predicted octanol–water partition coefficient (Wildman–Crippen LogP) is 1.39. The molecule has 0 spiro atoms. The molecule has 16 heavy (non-hydrogen) atoms. The summed E-state index contributed by atoms with van der Waals surface area (Å²) in [7, 11) is 3.39. The highest BCUT2D eigenvalue weighted by Gasteiger charge is 2.14. The molecule has 0 bridgehead atoms. The lowest BCUT2D eigenvalue weighted by Crippen LogP contribution is -2.04. The lowest BCUT2D eigenvalue weighted by atomic mass is 10.3. The second kappa shape index (κ2) is 6.55. The number of anilines is 1. The minimum Gasteiger partial charge on any atom is -0.490 e. The first-order valence-corrected chi connectivity index (χ1v) is 5.95. The van der Waals surface area contributed by atoms with E-state index in [1.807, 2.05) is 6.92 Å². The summed E-state index contributed by atoms with van der Waals surface area (Å²) in [5.74, 6) is 1.33. The van der Waals surface area contributed by atoms with Crippen LogP contribution in [0.2, 0.25) is 0 Å². The number of nitrogens with zero attached hydrogens (tertiary/aromatic N) is 2. The fourth-order valence-electron chi connectivity index (χ4n) is 1.23. The molecule has 5 nitrogen and oxygen atoms in total. The number of ether oxygens (including phenoxy) is 1. The second-order valence-electron chi connectivity index (χ2n) is 3.25. The maximum absolute atomic E-state index is 8.85. The molecule has 1 unspecified atom stereocenters. The predicted molar refractivity (Wildman–Crippen MR) is 65.2 cm³/mol. The van der Waals surface area contributed by atoms with Crippen molar-refractivity contribution in [3.8, 4) is 5.75 Å². The van der Waals surface area contributed by atoms with Crippen molar-refractivity contribution in [2.75, 3.05) is 26.1 Å². The molecule has 0 saturated heterocycles. The number of hydrogen-bond donors (Lipinski definition) is 2. The zero-order valence-corrected chi connectivity index (χ0v) is 10.5. The van der Waals surface area contributed by atoms with Gasteiger partial charge in [0.25, 0.3) is 0 Å². The summed E-state index contributed by atoms with van der Waals surface area (Å²) in [6, 6.07) is 0. The first-order valence-electron chi connectivity index (χ1n) is 5.07. The van der Waals surface area contributed by atoms with Crippen LogP contribution in [0.3, 0.4) is 0 Å². The molecule has 0 aliphatic carbocycles. The van der Waals surface area contributed by atoms with E-state index < -0.39 is 0 Å². The molecule has 1 aromatic rings. The Labute approximate surface area is 99.6 Å². The van der Waals surface area contributed by atoms with Crippen LogP contribution in [-0.4, -0.2) is 41.1 Å². The topological polar surface area (TPSA) is 67.3 Å². The number of nitrogens with one attached hydrogen (secondary N) is 1. The van der Waals surface area contributed by atoms with Gasteiger partial charge in [0.15, 0.2) is 11.6 Å². The molecule has 1 aromatic heterocycles. The molecular weight excluding hydrogens is 226 g/mol. The average Bonchev–Trinajstić information content (AvgIpc) is 2.29. The van der Waals surface area contributed by atoms with Crippen molar-refractivity contribution in [2.45, 2.75) is 23.6 Å². The molecule has 0 aliphatic heterocycles. The van der Waals surface area contributed by atoms with Crippen molar-refractivity contribution in [1.82, 2.24) is 9.97 Å². The minimum absolute atomic E-state index is 0.181. The highest BCUT2D eigenvalue weighted by Crippen LogP contribution is 2.34. The maximum atomic E-state index is 8.85. The van der Waals surface area contributed by atoms with Gasteiger partial charge in [-0.2, -0.15) is 0 Å². The summed E-state index contributed by atoms with van der Waals surface area (Å²) in [4.78, 5) is 8.26. The SMILES string of the molecule is CNc1ncnc(SC(C)CCO)c1OC. The van der Waals surface area contributed by atoms with Crippen LogP contribution in [-0.2, 0) is 0 Å². The Balaban J connectivity index is 2.86. The highest BCUT2D eigenvalue weighted by molar-refractivity contribution is 7.99. The number of aliphatic hydroxyl groups excluding tert-OH is 1. The van der Waals surface area contributed by atoms with Gasteiger partial charge in [-0.05, 0) is 6.42 Å². The zero-order valence-electron chi connectivity index (χ0n) is 9.73. The smallest absolute Gasteiger partial charge is 0.193 e. The van der Waals surface area contributed by atoms with E-state index in [1.165, 1.54) is 6.33 Å². The Morgan fingerprint density at radius 1 is 1.56 bits per heavy atom. The number of rotatable bonds is 6. The van der Waals surface area contributed by atoms with Crippen LogP contribution in [0, 0.1) is 0 Å². The number of hydrogen-bond acceptors (Lipinski definition) is 6. The fraction of sp³-hybridized carbons (Fsp3) is 0.600. The van der Waals surface area contributed by atoms with Crippen molar-refractivity contribution in [3.05, 3.63) is 6.33 Å². The molecular formula is C10H17N3O2S. The van der Waals surface area contributed by atoms with Gasteiger partial charge in [0, 0.05) is 18.9 Å². The normalized spacial score (nSPS) is 12.2. The third-order valence-electron chi connectivity index (χ3n) is 2.06. The van der Waals surface area contributed by atoms with E-state index in [0.717, 1.165) is 11.4 Å². The average molecular weight is 243 g/mol. The standard InChI is InChI=1S/C10H17N3O2S/c1-7(4-5-14)16-10-8(15-3)9(11-2)12-6-13-10/h6-7,14H,4-5H2,1-3H3,(H,11,12,13). The molecule has 6 heteroatoms. The molecule has 0 saturated carbocycles. The lowest BCUT2D eigenvalue weighted by molar-refractivity contribution is 0.289. The third kappa shape index (κ3) is 3.24. The van der Waals surface area contributed by atoms with Crippen LogP contribution in [0.5, 0.6) is 5.75 Å². The Morgan fingerprint density at radius 2 is 2.31 bits per heavy atom. The Bertz CT molecular complexity index is 336. The quantitative estimate of drug-likeness (QED) is 0.581. The van der Waals surface area contributed by atoms with E-state index in [1.54, 1.807) is 25.9 Å². The van der Waals surface area contributed by atoms with E-state index in [0.29, 0.717) is 16.8 Å². The Morgan fingerprint density at radius 3 is 2.88 bits per heavy atom. The summed E-state index contributed by atoms with van der Waals surface area (Å²) in [6.45, 7) is 2.22.